The molecule has 1 aliphatic carbocycles. The number of rotatable bonds is 2. The summed E-state index contributed by atoms with van der Waals surface area (Å²) in [6, 6.07) is 9.72. The standard InChI is InChI=1S/C19H16O4/c1-10-8-13-16(20)15-12-7-5-4-6-11(12)9-14(15)23-18(13)19(22-3)17(10)21-2/h4-8H,9H2,1-3H3. The van der Waals surface area contributed by atoms with Crippen LogP contribution in [0.1, 0.15) is 16.9 Å². The minimum Gasteiger partial charge on any atom is -0.492 e. The summed E-state index contributed by atoms with van der Waals surface area (Å²) in [6.07, 6.45) is 0.621. The van der Waals surface area contributed by atoms with Crippen LogP contribution in [-0.4, -0.2) is 14.2 Å². The van der Waals surface area contributed by atoms with Crippen molar-refractivity contribution >= 4 is 11.0 Å². The van der Waals surface area contributed by atoms with Crippen LogP contribution >= 0.6 is 0 Å². The molecule has 4 nitrogen and oxygen atoms in total. The van der Waals surface area contributed by atoms with E-state index in [0.29, 0.717) is 40.2 Å². The molecule has 0 N–H and O–H groups in total. The Morgan fingerprint density at radius 1 is 1.09 bits per heavy atom. The summed E-state index contributed by atoms with van der Waals surface area (Å²) in [6.45, 7) is 1.89. The van der Waals surface area contributed by atoms with Gasteiger partial charge in [0, 0.05) is 6.42 Å². The molecule has 3 aromatic rings. The van der Waals surface area contributed by atoms with Crippen molar-refractivity contribution in [3.8, 4) is 22.6 Å². The van der Waals surface area contributed by atoms with E-state index in [9.17, 15) is 4.79 Å². The molecule has 0 atom stereocenters. The Morgan fingerprint density at radius 2 is 1.83 bits per heavy atom. The van der Waals surface area contributed by atoms with Gasteiger partial charge in [-0.2, -0.15) is 0 Å². The number of hydrogen-bond donors (Lipinski definition) is 0. The van der Waals surface area contributed by atoms with Crippen LogP contribution < -0.4 is 14.9 Å². The molecule has 0 fully saturated rings. The number of fused-ring (bicyclic) bond motifs is 4. The Labute approximate surface area is 133 Å². The maximum atomic E-state index is 13.0. The van der Waals surface area contributed by atoms with Gasteiger partial charge in [-0.25, -0.2) is 0 Å². The van der Waals surface area contributed by atoms with Gasteiger partial charge in [0.2, 0.25) is 11.2 Å². The highest BCUT2D eigenvalue weighted by molar-refractivity contribution is 5.91. The van der Waals surface area contributed by atoms with Crippen molar-refractivity contribution < 1.29 is 13.9 Å². The van der Waals surface area contributed by atoms with Gasteiger partial charge in [0.15, 0.2) is 11.3 Å². The predicted octanol–water partition coefficient (Wildman–Crippen LogP) is 3.69. The van der Waals surface area contributed by atoms with Gasteiger partial charge in [-0.3, -0.25) is 4.79 Å². The fourth-order valence-electron chi connectivity index (χ4n) is 3.39. The van der Waals surface area contributed by atoms with Gasteiger partial charge >= 0.3 is 0 Å². The molecule has 0 unspecified atom stereocenters. The third-order valence-corrected chi connectivity index (χ3v) is 4.40. The molecule has 4 heteroatoms. The third kappa shape index (κ3) is 1.81. The molecule has 4 rings (SSSR count). The van der Waals surface area contributed by atoms with E-state index in [-0.39, 0.29) is 5.43 Å². The average molecular weight is 308 g/mol. The van der Waals surface area contributed by atoms with Crippen molar-refractivity contribution in [1.82, 2.24) is 0 Å². The van der Waals surface area contributed by atoms with E-state index >= 15 is 0 Å². The summed E-state index contributed by atoms with van der Waals surface area (Å²) in [7, 11) is 3.14. The van der Waals surface area contributed by atoms with Gasteiger partial charge in [0.05, 0.1) is 25.2 Å². The van der Waals surface area contributed by atoms with Crippen LogP contribution in [0.2, 0.25) is 0 Å². The van der Waals surface area contributed by atoms with E-state index in [4.69, 9.17) is 13.9 Å². The zero-order valence-corrected chi connectivity index (χ0v) is 13.2. The molecular formula is C19H16O4. The zero-order valence-electron chi connectivity index (χ0n) is 13.2. The van der Waals surface area contributed by atoms with Gasteiger partial charge in [0.1, 0.15) is 5.76 Å². The molecule has 0 radical (unpaired) electrons. The molecule has 0 aliphatic heterocycles. The highest BCUT2D eigenvalue weighted by Crippen LogP contribution is 2.42. The van der Waals surface area contributed by atoms with Crippen LogP contribution in [0.3, 0.4) is 0 Å². The molecule has 0 saturated heterocycles. The van der Waals surface area contributed by atoms with Gasteiger partial charge in [-0.05, 0) is 29.7 Å². The van der Waals surface area contributed by atoms with Crippen molar-refractivity contribution in [2.24, 2.45) is 0 Å². The first-order chi connectivity index (χ1) is 11.2. The molecule has 0 spiro atoms. The van der Waals surface area contributed by atoms with E-state index in [1.165, 1.54) is 0 Å². The quantitative estimate of drug-likeness (QED) is 0.566. The van der Waals surface area contributed by atoms with Crippen molar-refractivity contribution in [2.45, 2.75) is 13.3 Å². The van der Waals surface area contributed by atoms with Crippen molar-refractivity contribution in [3.05, 3.63) is 57.4 Å². The van der Waals surface area contributed by atoms with Crippen LogP contribution in [0.15, 0.2) is 39.5 Å². The van der Waals surface area contributed by atoms with E-state index < -0.39 is 0 Å². The number of ether oxygens (including phenoxy) is 2. The highest BCUT2D eigenvalue weighted by Gasteiger charge is 2.27. The first-order valence-corrected chi connectivity index (χ1v) is 7.45. The molecule has 23 heavy (non-hydrogen) atoms. The fourth-order valence-corrected chi connectivity index (χ4v) is 3.39. The second-order valence-electron chi connectivity index (χ2n) is 5.70. The van der Waals surface area contributed by atoms with Gasteiger partial charge in [-0.15, -0.1) is 0 Å². The van der Waals surface area contributed by atoms with Gasteiger partial charge < -0.3 is 13.9 Å². The summed E-state index contributed by atoms with van der Waals surface area (Å²) < 4.78 is 17.0. The lowest BCUT2D eigenvalue weighted by molar-refractivity contribution is 0.350. The maximum Gasteiger partial charge on any atom is 0.204 e. The molecule has 0 saturated carbocycles. The Morgan fingerprint density at radius 3 is 2.57 bits per heavy atom. The van der Waals surface area contributed by atoms with E-state index in [1.54, 1.807) is 14.2 Å². The van der Waals surface area contributed by atoms with Crippen molar-refractivity contribution in [2.75, 3.05) is 14.2 Å². The predicted molar refractivity (Wildman–Crippen MR) is 88.6 cm³/mol. The normalized spacial score (nSPS) is 12.1. The molecular weight excluding hydrogens is 292 g/mol. The average Bonchev–Trinajstić information content (AvgIpc) is 2.93. The Kier molecular flexibility index (Phi) is 2.94. The largest absolute Gasteiger partial charge is 0.492 e. The molecule has 116 valence electrons. The highest BCUT2D eigenvalue weighted by atomic mass is 16.5. The van der Waals surface area contributed by atoms with Crippen LogP contribution in [-0.2, 0) is 6.42 Å². The van der Waals surface area contributed by atoms with E-state index in [1.807, 2.05) is 37.3 Å². The summed E-state index contributed by atoms with van der Waals surface area (Å²) in [4.78, 5) is 13.0. The number of hydrogen-bond acceptors (Lipinski definition) is 4. The Balaban J connectivity index is 2.14. The lowest BCUT2D eigenvalue weighted by atomic mass is 10.0. The lowest BCUT2D eigenvalue weighted by Gasteiger charge is -2.13. The minimum atomic E-state index is -0.0183. The molecule has 1 heterocycles. The van der Waals surface area contributed by atoms with Gasteiger partial charge in [0.25, 0.3) is 0 Å². The Hall–Kier alpha value is -2.75. The van der Waals surface area contributed by atoms with Gasteiger partial charge in [-0.1, -0.05) is 24.3 Å². The first kappa shape index (κ1) is 13.9. The maximum absolute atomic E-state index is 13.0. The summed E-state index contributed by atoms with van der Waals surface area (Å²) in [5.41, 5.74) is 4.02. The Bertz CT molecular complexity index is 998. The lowest BCUT2D eigenvalue weighted by Crippen LogP contribution is -2.07. The fraction of sp³-hybridized carbons (Fsp3) is 0.211. The minimum absolute atomic E-state index is 0.0183. The summed E-state index contributed by atoms with van der Waals surface area (Å²) in [5.74, 6) is 1.75. The SMILES string of the molecule is COc1c(C)cc2c(=O)c3c(oc2c1OC)Cc1ccccc1-3. The van der Waals surface area contributed by atoms with Crippen LogP contribution in [0.4, 0.5) is 0 Å². The number of benzene rings is 2. The van der Waals surface area contributed by atoms with Crippen molar-refractivity contribution in [3.63, 3.8) is 0 Å². The van der Waals surface area contributed by atoms with Crippen LogP contribution in [0.5, 0.6) is 11.5 Å². The first-order valence-electron chi connectivity index (χ1n) is 7.45. The third-order valence-electron chi connectivity index (χ3n) is 4.40. The number of methoxy groups -OCH3 is 2. The summed E-state index contributed by atoms with van der Waals surface area (Å²) in [5, 5.41) is 0.524. The molecule has 2 aromatic carbocycles. The number of aryl methyl sites for hydroxylation is 1. The van der Waals surface area contributed by atoms with E-state index in [0.717, 1.165) is 16.7 Å². The summed E-state index contributed by atoms with van der Waals surface area (Å²) >= 11 is 0. The van der Waals surface area contributed by atoms with Crippen LogP contribution in [0, 0.1) is 6.92 Å². The monoisotopic (exact) mass is 308 g/mol. The van der Waals surface area contributed by atoms with Crippen LogP contribution in [0.25, 0.3) is 22.1 Å². The smallest absolute Gasteiger partial charge is 0.204 e. The molecule has 0 amide bonds. The molecule has 1 aromatic heterocycles. The van der Waals surface area contributed by atoms with Crippen molar-refractivity contribution in [1.29, 1.82) is 0 Å². The zero-order chi connectivity index (χ0) is 16.1. The van der Waals surface area contributed by atoms with E-state index in [2.05, 4.69) is 0 Å². The topological polar surface area (TPSA) is 48.7 Å². The molecule has 0 bridgehead atoms. The second-order valence-corrected chi connectivity index (χ2v) is 5.70. The second kappa shape index (κ2) is 4.88. The molecule has 1 aliphatic rings.